The van der Waals surface area contributed by atoms with Crippen molar-refractivity contribution in [3.8, 4) is 0 Å². The zero-order valence-corrected chi connectivity index (χ0v) is 10.7. The topological polar surface area (TPSA) is 17.0 Å². The molecule has 1 aromatic heterocycles. The second kappa shape index (κ2) is 4.19. The van der Waals surface area contributed by atoms with E-state index in [2.05, 4.69) is 48.1 Å². The Labute approximate surface area is 103 Å². The van der Waals surface area contributed by atoms with Crippen LogP contribution in [0.1, 0.15) is 30.0 Å². The van der Waals surface area contributed by atoms with Crippen LogP contribution in [0.4, 0.5) is 0 Å². The van der Waals surface area contributed by atoms with Crippen molar-refractivity contribution in [2.24, 2.45) is 7.05 Å². The summed E-state index contributed by atoms with van der Waals surface area (Å²) in [4.78, 5) is 0. The number of aromatic nitrogens is 1. The van der Waals surface area contributed by atoms with Gasteiger partial charge in [0.05, 0.1) is 0 Å². The molecule has 1 N–H and O–H groups in total. The van der Waals surface area contributed by atoms with E-state index in [1.165, 1.54) is 35.0 Å². The third-order valence-electron chi connectivity index (χ3n) is 4.12. The van der Waals surface area contributed by atoms with Gasteiger partial charge in [0.25, 0.3) is 0 Å². The van der Waals surface area contributed by atoms with Gasteiger partial charge in [0.1, 0.15) is 0 Å². The summed E-state index contributed by atoms with van der Waals surface area (Å²) in [7, 11) is 2.14. The molecule has 1 saturated heterocycles. The fraction of sp³-hybridized carbons (Fsp3) is 0.467. The molecule has 0 amide bonds. The maximum Gasteiger partial charge on any atom is 0.0479 e. The molecule has 0 aliphatic carbocycles. The van der Waals surface area contributed by atoms with Gasteiger partial charge in [-0.25, -0.2) is 0 Å². The summed E-state index contributed by atoms with van der Waals surface area (Å²) in [6, 6.07) is 9.27. The average Bonchev–Trinajstić information content (AvgIpc) is 2.66. The lowest BCUT2D eigenvalue weighted by Crippen LogP contribution is -2.26. The molecule has 0 spiro atoms. The zero-order valence-electron chi connectivity index (χ0n) is 10.7. The Balaban J connectivity index is 2.01. The highest BCUT2D eigenvalue weighted by atomic mass is 14.9. The molecule has 1 aliphatic heterocycles. The summed E-state index contributed by atoms with van der Waals surface area (Å²) < 4.78 is 2.27. The fourth-order valence-electron chi connectivity index (χ4n) is 2.92. The predicted octanol–water partition coefficient (Wildman–Crippen LogP) is 2.95. The van der Waals surface area contributed by atoms with Crippen molar-refractivity contribution in [3.63, 3.8) is 0 Å². The second-order valence-corrected chi connectivity index (χ2v) is 5.19. The Morgan fingerprint density at radius 3 is 2.71 bits per heavy atom. The molecule has 2 nitrogen and oxygen atoms in total. The van der Waals surface area contributed by atoms with Crippen LogP contribution >= 0.6 is 0 Å². The Bertz CT molecular complexity index is 533. The van der Waals surface area contributed by atoms with Crippen molar-refractivity contribution in [2.75, 3.05) is 13.1 Å². The summed E-state index contributed by atoms with van der Waals surface area (Å²) in [6.45, 7) is 4.50. The number of hydrogen-bond donors (Lipinski definition) is 1. The smallest absolute Gasteiger partial charge is 0.0479 e. The summed E-state index contributed by atoms with van der Waals surface area (Å²) >= 11 is 0. The molecule has 1 aromatic carbocycles. The third kappa shape index (κ3) is 1.87. The first-order chi connectivity index (χ1) is 8.25. The number of piperidine rings is 1. The lowest BCUT2D eigenvalue weighted by molar-refractivity contribution is 0.460. The van der Waals surface area contributed by atoms with Crippen molar-refractivity contribution >= 4 is 10.9 Å². The van der Waals surface area contributed by atoms with Crippen LogP contribution in [0.5, 0.6) is 0 Å². The largest absolute Gasteiger partial charge is 0.348 e. The number of nitrogens with zero attached hydrogens (tertiary/aromatic N) is 1. The van der Waals surface area contributed by atoms with Crippen molar-refractivity contribution in [3.05, 3.63) is 35.5 Å². The van der Waals surface area contributed by atoms with E-state index in [1.54, 1.807) is 0 Å². The minimum Gasteiger partial charge on any atom is -0.348 e. The van der Waals surface area contributed by atoms with E-state index in [0.717, 1.165) is 19.0 Å². The molecule has 1 fully saturated rings. The maximum atomic E-state index is 3.43. The quantitative estimate of drug-likeness (QED) is 0.794. The van der Waals surface area contributed by atoms with E-state index in [4.69, 9.17) is 0 Å². The van der Waals surface area contributed by atoms with Gasteiger partial charge < -0.3 is 9.88 Å². The molecule has 0 saturated carbocycles. The summed E-state index contributed by atoms with van der Waals surface area (Å²) in [5.74, 6) is 0.751. The van der Waals surface area contributed by atoms with Crippen LogP contribution in [0.2, 0.25) is 0 Å². The van der Waals surface area contributed by atoms with Crippen molar-refractivity contribution in [2.45, 2.75) is 25.7 Å². The van der Waals surface area contributed by atoms with E-state index in [9.17, 15) is 0 Å². The van der Waals surface area contributed by atoms with Crippen LogP contribution in [0.3, 0.4) is 0 Å². The number of aryl methyl sites for hydroxylation is 2. The molecule has 2 aromatic rings. The molecule has 0 radical (unpaired) electrons. The van der Waals surface area contributed by atoms with Crippen LogP contribution in [-0.4, -0.2) is 17.7 Å². The summed E-state index contributed by atoms with van der Waals surface area (Å²) in [5, 5.41) is 4.82. The first-order valence-electron chi connectivity index (χ1n) is 6.52. The third-order valence-corrected chi connectivity index (χ3v) is 4.12. The molecule has 2 heteroatoms. The number of rotatable bonds is 1. The minimum atomic E-state index is 0.751. The van der Waals surface area contributed by atoms with Gasteiger partial charge in [0.2, 0.25) is 0 Å². The predicted molar refractivity (Wildman–Crippen MR) is 72.5 cm³/mol. The molecule has 1 aliphatic rings. The minimum absolute atomic E-state index is 0.751. The number of nitrogens with one attached hydrogen (secondary N) is 1. The monoisotopic (exact) mass is 228 g/mol. The Morgan fingerprint density at radius 2 is 1.94 bits per heavy atom. The van der Waals surface area contributed by atoms with Crippen molar-refractivity contribution in [1.82, 2.24) is 9.88 Å². The SMILES string of the molecule is Cc1cc2cc(C3CCNCC3)ccc2n1C. The highest BCUT2D eigenvalue weighted by Gasteiger charge is 2.15. The lowest BCUT2D eigenvalue weighted by atomic mass is 9.90. The molecule has 2 heterocycles. The van der Waals surface area contributed by atoms with Gasteiger partial charge in [0.15, 0.2) is 0 Å². The van der Waals surface area contributed by atoms with Crippen molar-refractivity contribution < 1.29 is 0 Å². The van der Waals surface area contributed by atoms with Gasteiger partial charge in [0, 0.05) is 23.6 Å². The van der Waals surface area contributed by atoms with Gasteiger partial charge in [-0.1, -0.05) is 6.07 Å². The fourth-order valence-corrected chi connectivity index (χ4v) is 2.92. The second-order valence-electron chi connectivity index (χ2n) is 5.19. The van der Waals surface area contributed by atoms with E-state index < -0.39 is 0 Å². The first-order valence-corrected chi connectivity index (χ1v) is 6.52. The summed E-state index contributed by atoms with van der Waals surface area (Å²) in [5.41, 5.74) is 4.20. The molecule has 0 atom stereocenters. The molecule has 17 heavy (non-hydrogen) atoms. The normalized spacial score (nSPS) is 17.8. The standard InChI is InChI=1S/C15H20N2/c1-11-9-14-10-13(3-4-15(14)17(11)2)12-5-7-16-8-6-12/h3-4,9-10,12,16H,5-8H2,1-2H3. The van der Waals surface area contributed by atoms with Gasteiger partial charge in [-0.2, -0.15) is 0 Å². The van der Waals surface area contributed by atoms with Gasteiger partial charge >= 0.3 is 0 Å². The Morgan fingerprint density at radius 1 is 1.18 bits per heavy atom. The molecule has 0 unspecified atom stereocenters. The molecule has 90 valence electrons. The zero-order chi connectivity index (χ0) is 11.8. The van der Waals surface area contributed by atoms with Crippen molar-refractivity contribution in [1.29, 1.82) is 0 Å². The van der Waals surface area contributed by atoms with E-state index in [-0.39, 0.29) is 0 Å². The van der Waals surface area contributed by atoms with Crippen LogP contribution in [-0.2, 0) is 7.05 Å². The average molecular weight is 228 g/mol. The van der Waals surface area contributed by atoms with Gasteiger partial charge in [-0.05, 0) is 62.5 Å². The highest BCUT2D eigenvalue weighted by Crippen LogP contribution is 2.28. The first kappa shape index (κ1) is 10.8. The molecule has 0 bridgehead atoms. The van der Waals surface area contributed by atoms with Gasteiger partial charge in [-0.15, -0.1) is 0 Å². The van der Waals surface area contributed by atoms with Crippen LogP contribution < -0.4 is 5.32 Å². The summed E-state index contributed by atoms with van der Waals surface area (Å²) in [6.07, 6.45) is 2.55. The Kier molecular flexibility index (Phi) is 2.67. The van der Waals surface area contributed by atoms with E-state index in [1.807, 2.05) is 0 Å². The van der Waals surface area contributed by atoms with E-state index >= 15 is 0 Å². The molecular formula is C15H20N2. The van der Waals surface area contributed by atoms with Gasteiger partial charge in [-0.3, -0.25) is 0 Å². The Hall–Kier alpha value is -1.28. The molecular weight excluding hydrogens is 208 g/mol. The number of benzene rings is 1. The van der Waals surface area contributed by atoms with Crippen LogP contribution in [0.15, 0.2) is 24.3 Å². The van der Waals surface area contributed by atoms with Crippen LogP contribution in [0.25, 0.3) is 10.9 Å². The maximum absolute atomic E-state index is 3.43. The lowest BCUT2D eigenvalue weighted by Gasteiger charge is -2.23. The number of hydrogen-bond acceptors (Lipinski definition) is 1. The highest BCUT2D eigenvalue weighted by molar-refractivity contribution is 5.82. The molecule has 3 rings (SSSR count). The van der Waals surface area contributed by atoms with Crippen LogP contribution in [0, 0.1) is 6.92 Å². The number of fused-ring (bicyclic) bond motifs is 1. The van der Waals surface area contributed by atoms with E-state index in [0.29, 0.717) is 0 Å².